The van der Waals surface area contributed by atoms with Gasteiger partial charge in [0.25, 0.3) is 0 Å². The third-order valence-electron chi connectivity index (χ3n) is 4.41. The molecule has 0 aliphatic carbocycles. The monoisotopic (exact) mass is 530 g/mol. The second kappa shape index (κ2) is 12.7. The summed E-state index contributed by atoms with van der Waals surface area (Å²) in [7, 11) is -1.62. The van der Waals surface area contributed by atoms with E-state index in [1.165, 1.54) is 11.3 Å². The van der Waals surface area contributed by atoms with Crippen molar-refractivity contribution < 1.29 is 8.42 Å². The number of likely N-dealkylation sites (N-methyl/N-ethyl adjacent to an activating group) is 1. The minimum Gasteiger partial charge on any atom is -0.370 e. The van der Waals surface area contributed by atoms with E-state index in [4.69, 9.17) is 0 Å². The van der Waals surface area contributed by atoms with Gasteiger partial charge in [0.2, 0.25) is 0 Å². The van der Waals surface area contributed by atoms with Crippen LogP contribution in [-0.2, 0) is 9.84 Å². The average molecular weight is 530 g/mol. The molecule has 2 N–H and O–H groups in total. The van der Waals surface area contributed by atoms with E-state index in [1.807, 2.05) is 0 Å². The number of aryl methyl sites for hydroxylation is 1. The van der Waals surface area contributed by atoms with Gasteiger partial charge in [0.1, 0.15) is 0 Å². The van der Waals surface area contributed by atoms with Gasteiger partial charge in [-0.3, -0.25) is 4.99 Å². The van der Waals surface area contributed by atoms with E-state index in [2.05, 4.69) is 58.6 Å². The Hall–Kier alpha value is -1.81. The number of sulfone groups is 1. The van der Waals surface area contributed by atoms with E-state index in [0.717, 1.165) is 13.1 Å². The Morgan fingerprint density at radius 1 is 1.03 bits per heavy atom. The lowest BCUT2D eigenvalue weighted by atomic mass is 10.2. The highest BCUT2D eigenvalue weighted by Gasteiger charge is 2.13. The maximum atomic E-state index is 12.3. The quantitative estimate of drug-likeness (QED) is 0.296. The summed E-state index contributed by atoms with van der Waals surface area (Å²) in [5, 5.41) is 6.32. The van der Waals surface area contributed by atoms with Gasteiger partial charge >= 0.3 is 0 Å². The van der Waals surface area contributed by atoms with Crippen molar-refractivity contribution in [1.82, 2.24) is 10.6 Å². The van der Waals surface area contributed by atoms with E-state index in [-0.39, 0.29) is 29.7 Å². The van der Waals surface area contributed by atoms with Crippen molar-refractivity contribution in [3.63, 3.8) is 0 Å². The van der Waals surface area contributed by atoms with Crippen LogP contribution in [0.4, 0.5) is 5.69 Å². The maximum Gasteiger partial charge on any atom is 0.191 e. The Labute approximate surface area is 191 Å². The Morgan fingerprint density at radius 3 is 2.34 bits per heavy atom. The number of aliphatic imine (C=N–C) groups is 1. The number of guanidine groups is 1. The fraction of sp³-hybridized carbons (Fsp3) is 0.381. The SMILES string of the molecule is CCN(CCNC(=NC)NCCS(=O)(=O)c1ccccc1)c1cccc(C)c1.I. The molecule has 0 fully saturated rings. The van der Waals surface area contributed by atoms with Gasteiger partial charge in [0.15, 0.2) is 15.8 Å². The minimum atomic E-state index is -3.30. The van der Waals surface area contributed by atoms with E-state index in [9.17, 15) is 8.42 Å². The molecule has 0 atom stereocenters. The minimum absolute atomic E-state index is 0. The molecule has 8 heteroatoms. The van der Waals surface area contributed by atoms with Crippen LogP contribution in [0.1, 0.15) is 12.5 Å². The molecule has 0 unspecified atom stereocenters. The lowest BCUT2D eigenvalue weighted by Gasteiger charge is -2.24. The fourth-order valence-electron chi connectivity index (χ4n) is 2.87. The molecule has 160 valence electrons. The molecule has 0 radical (unpaired) electrons. The van der Waals surface area contributed by atoms with Crippen LogP contribution in [0.25, 0.3) is 0 Å². The standard InChI is InChI=1S/C21H30N4O2S.HI/c1-4-25(19-10-8-9-18(2)17-19)15-13-23-21(22-3)24-14-16-28(26,27)20-11-6-5-7-12-20;/h5-12,17H,4,13-16H2,1-3H3,(H2,22,23,24);1H. The Bertz CT molecular complexity index is 873. The number of rotatable bonds is 9. The molecule has 2 aromatic rings. The highest BCUT2D eigenvalue weighted by Crippen LogP contribution is 2.15. The molecule has 2 rings (SSSR count). The van der Waals surface area contributed by atoms with Crippen LogP contribution in [-0.4, -0.2) is 53.4 Å². The molecule has 0 spiro atoms. The number of benzene rings is 2. The molecule has 0 aliphatic rings. The summed E-state index contributed by atoms with van der Waals surface area (Å²) in [5.74, 6) is 0.616. The summed E-state index contributed by atoms with van der Waals surface area (Å²) in [4.78, 5) is 6.80. The van der Waals surface area contributed by atoms with Crippen molar-refractivity contribution in [1.29, 1.82) is 0 Å². The van der Waals surface area contributed by atoms with Crippen molar-refractivity contribution in [2.45, 2.75) is 18.7 Å². The molecule has 0 saturated heterocycles. The third-order valence-corrected chi connectivity index (χ3v) is 6.14. The van der Waals surface area contributed by atoms with Crippen LogP contribution in [0.5, 0.6) is 0 Å². The van der Waals surface area contributed by atoms with Gasteiger partial charge in [-0.05, 0) is 43.7 Å². The molecule has 2 aromatic carbocycles. The van der Waals surface area contributed by atoms with Crippen LogP contribution < -0.4 is 15.5 Å². The molecule has 0 aromatic heterocycles. The van der Waals surface area contributed by atoms with Gasteiger partial charge in [0, 0.05) is 38.9 Å². The first-order valence-corrected chi connectivity index (χ1v) is 11.2. The predicted octanol–water partition coefficient (Wildman–Crippen LogP) is 3.08. The first-order valence-electron chi connectivity index (χ1n) is 9.50. The van der Waals surface area contributed by atoms with Gasteiger partial charge in [-0.15, -0.1) is 24.0 Å². The first-order chi connectivity index (χ1) is 13.5. The second-order valence-corrected chi connectivity index (χ2v) is 8.59. The van der Waals surface area contributed by atoms with Crippen molar-refractivity contribution in [3.8, 4) is 0 Å². The van der Waals surface area contributed by atoms with Crippen molar-refractivity contribution >= 4 is 45.5 Å². The van der Waals surface area contributed by atoms with Gasteiger partial charge in [-0.2, -0.15) is 0 Å². The van der Waals surface area contributed by atoms with Crippen molar-refractivity contribution in [3.05, 3.63) is 60.2 Å². The molecule has 0 heterocycles. The van der Waals surface area contributed by atoms with Crippen molar-refractivity contribution in [2.75, 3.05) is 43.9 Å². The fourth-order valence-corrected chi connectivity index (χ4v) is 4.05. The number of nitrogens with zero attached hydrogens (tertiary/aromatic N) is 2. The van der Waals surface area contributed by atoms with Crippen LogP contribution in [0.15, 0.2) is 64.5 Å². The average Bonchev–Trinajstić information content (AvgIpc) is 2.70. The molecule has 0 saturated carbocycles. The van der Waals surface area contributed by atoms with Crippen LogP contribution in [0.3, 0.4) is 0 Å². The zero-order valence-electron chi connectivity index (χ0n) is 17.3. The van der Waals surface area contributed by atoms with E-state index >= 15 is 0 Å². The normalized spacial score (nSPS) is 11.5. The summed E-state index contributed by atoms with van der Waals surface area (Å²) in [5.41, 5.74) is 2.43. The van der Waals surface area contributed by atoms with Crippen LogP contribution >= 0.6 is 24.0 Å². The van der Waals surface area contributed by atoms with E-state index < -0.39 is 9.84 Å². The number of hydrogen-bond donors (Lipinski definition) is 2. The number of anilines is 1. The maximum absolute atomic E-state index is 12.3. The lowest BCUT2D eigenvalue weighted by Crippen LogP contribution is -2.43. The lowest BCUT2D eigenvalue weighted by molar-refractivity contribution is 0.594. The number of halogens is 1. The van der Waals surface area contributed by atoms with E-state index in [0.29, 0.717) is 23.9 Å². The van der Waals surface area contributed by atoms with Gasteiger partial charge in [-0.25, -0.2) is 8.42 Å². The zero-order valence-corrected chi connectivity index (χ0v) is 20.4. The van der Waals surface area contributed by atoms with Crippen molar-refractivity contribution in [2.24, 2.45) is 4.99 Å². The van der Waals surface area contributed by atoms with Gasteiger partial charge in [-0.1, -0.05) is 30.3 Å². The number of hydrogen-bond acceptors (Lipinski definition) is 4. The Kier molecular flexibility index (Phi) is 11.0. The summed E-state index contributed by atoms with van der Waals surface area (Å²) in [6, 6.07) is 16.9. The van der Waals surface area contributed by atoms with Crippen LogP contribution in [0, 0.1) is 6.92 Å². The summed E-state index contributed by atoms with van der Waals surface area (Å²) in [6.07, 6.45) is 0. The smallest absolute Gasteiger partial charge is 0.191 e. The van der Waals surface area contributed by atoms with Crippen LogP contribution in [0.2, 0.25) is 0 Å². The molecular formula is C21H31IN4O2S. The van der Waals surface area contributed by atoms with Gasteiger partial charge in [0.05, 0.1) is 10.6 Å². The summed E-state index contributed by atoms with van der Waals surface area (Å²) < 4.78 is 24.6. The molecule has 0 aliphatic heterocycles. The third kappa shape index (κ3) is 8.22. The zero-order chi connectivity index (χ0) is 20.4. The summed E-state index contributed by atoms with van der Waals surface area (Å²) >= 11 is 0. The summed E-state index contributed by atoms with van der Waals surface area (Å²) in [6.45, 7) is 6.95. The largest absolute Gasteiger partial charge is 0.370 e. The Balaban J connectivity index is 0.00000420. The first kappa shape index (κ1) is 25.2. The Morgan fingerprint density at radius 2 is 1.72 bits per heavy atom. The topological polar surface area (TPSA) is 73.8 Å². The predicted molar refractivity (Wildman–Crippen MR) is 132 cm³/mol. The molecule has 29 heavy (non-hydrogen) atoms. The molecule has 0 bridgehead atoms. The van der Waals surface area contributed by atoms with Gasteiger partial charge < -0.3 is 15.5 Å². The second-order valence-electron chi connectivity index (χ2n) is 6.48. The highest BCUT2D eigenvalue weighted by molar-refractivity contribution is 14.0. The highest BCUT2D eigenvalue weighted by atomic mass is 127. The molecule has 0 amide bonds. The van der Waals surface area contributed by atoms with E-state index in [1.54, 1.807) is 37.4 Å². The number of nitrogens with one attached hydrogen (secondary N) is 2. The molecular weight excluding hydrogens is 499 g/mol. The molecule has 6 nitrogen and oxygen atoms in total.